The van der Waals surface area contributed by atoms with Crippen LogP contribution in [0.3, 0.4) is 0 Å². The van der Waals surface area contributed by atoms with Gasteiger partial charge in [0, 0.05) is 35.7 Å². The zero-order valence-electron chi connectivity index (χ0n) is 20.8. The number of anilines is 1. The summed E-state index contributed by atoms with van der Waals surface area (Å²) in [6.07, 6.45) is 5.79. The van der Waals surface area contributed by atoms with Crippen LogP contribution in [-0.4, -0.2) is 67.0 Å². The van der Waals surface area contributed by atoms with Crippen LogP contribution >= 0.6 is 11.6 Å². The Morgan fingerprint density at radius 1 is 1.14 bits per heavy atom. The fourth-order valence-electron chi connectivity index (χ4n) is 6.59. The third-order valence-corrected chi connectivity index (χ3v) is 9.45. The molecule has 36 heavy (non-hydrogen) atoms. The van der Waals surface area contributed by atoms with E-state index in [2.05, 4.69) is 21.3 Å². The van der Waals surface area contributed by atoms with Gasteiger partial charge in [-0.05, 0) is 99.0 Å². The Morgan fingerprint density at radius 2 is 1.92 bits per heavy atom. The molecule has 4 heterocycles. The Bertz CT molecular complexity index is 1130. The second kappa shape index (κ2) is 9.82. The van der Waals surface area contributed by atoms with E-state index in [-0.39, 0.29) is 18.4 Å². The summed E-state index contributed by atoms with van der Waals surface area (Å²) in [7, 11) is 0. The van der Waals surface area contributed by atoms with E-state index in [9.17, 15) is 9.18 Å². The van der Waals surface area contributed by atoms with Crippen molar-refractivity contribution >= 4 is 34.1 Å². The number of hydrogen-bond donors (Lipinski definition) is 1. The number of alkyl halides is 1. The maximum atomic E-state index is 14.5. The van der Waals surface area contributed by atoms with E-state index in [4.69, 9.17) is 21.1 Å². The average molecular weight is 516 g/mol. The number of hydrogen-bond acceptors (Lipinski definition) is 5. The zero-order chi connectivity index (χ0) is 24.9. The van der Waals surface area contributed by atoms with Gasteiger partial charge in [0.2, 0.25) is 5.91 Å². The van der Waals surface area contributed by atoms with Crippen LogP contribution in [0.1, 0.15) is 50.5 Å². The maximum Gasteiger partial charge on any atom is 0.228 e. The van der Waals surface area contributed by atoms with Gasteiger partial charge in [-0.2, -0.15) is 0 Å². The number of carbonyl (C=O) groups is 1. The summed E-state index contributed by atoms with van der Waals surface area (Å²) >= 11 is 6.71. The summed E-state index contributed by atoms with van der Waals surface area (Å²) in [5, 5.41) is 5.79. The standard InChI is InChI=1S/C28H35ClFN3O3/c1-28(16-36-15-25(28)30)33-6-2-17(3-7-33)22-10-19-12-26(31-14-20(19)11-24(22)29)32-27(34)23-13-21(23)18-4-8-35-9-5-18/h10-12,14,17-18,21,23,25H,2-9,13,15-16H2,1H3,(H,31,32,34)/t21?,23?,25-,28+/m0/s1. The molecular formula is C28H35ClFN3O3. The number of nitrogens with zero attached hydrogens (tertiary/aromatic N) is 2. The van der Waals surface area contributed by atoms with Crippen LogP contribution in [0.5, 0.6) is 0 Å². The van der Waals surface area contributed by atoms with Crippen molar-refractivity contribution in [2.75, 3.05) is 44.8 Å². The highest BCUT2D eigenvalue weighted by molar-refractivity contribution is 6.32. The summed E-state index contributed by atoms with van der Waals surface area (Å²) in [5.74, 6) is 2.17. The van der Waals surface area contributed by atoms with Crippen molar-refractivity contribution in [3.05, 3.63) is 35.0 Å². The first-order chi connectivity index (χ1) is 17.4. The molecular weight excluding hydrogens is 481 g/mol. The molecule has 8 heteroatoms. The van der Waals surface area contributed by atoms with E-state index < -0.39 is 11.7 Å². The molecule has 0 bridgehead atoms. The van der Waals surface area contributed by atoms with Crippen molar-refractivity contribution in [3.8, 4) is 0 Å². The minimum atomic E-state index is -0.943. The normalized spacial score (nSPS) is 32.1. The predicted molar refractivity (Wildman–Crippen MR) is 138 cm³/mol. The summed E-state index contributed by atoms with van der Waals surface area (Å²) in [6.45, 7) is 5.90. The number of amides is 1. The fraction of sp³-hybridized carbons (Fsp3) is 0.643. The Labute approximate surface area is 216 Å². The molecule has 1 amide bonds. The lowest BCUT2D eigenvalue weighted by Gasteiger charge is -2.43. The molecule has 1 aromatic carbocycles. The monoisotopic (exact) mass is 515 g/mol. The largest absolute Gasteiger partial charge is 0.381 e. The van der Waals surface area contributed by atoms with E-state index in [1.54, 1.807) is 6.20 Å². The number of likely N-dealkylation sites (tertiary alicyclic amines) is 1. The van der Waals surface area contributed by atoms with Crippen molar-refractivity contribution in [2.45, 2.75) is 56.7 Å². The van der Waals surface area contributed by atoms with Crippen molar-refractivity contribution in [3.63, 3.8) is 0 Å². The number of rotatable bonds is 5. The van der Waals surface area contributed by atoms with E-state index in [0.717, 1.165) is 79.8 Å². The second-order valence-electron chi connectivity index (χ2n) is 11.3. The quantitative estimate of drug-likeness (QED) is 0.593. The number of benzene rings is 1. The van der Waals surface area contributed by atoms with E-state index in [1.165, 1.54) is 0 Å². The van der Waals surface area contributed by atoms with Crippen LogP contribution in [0.2, 0.25) is 5.02 Å². The van der Waals surface area contributed by atoms with Crippen LogP contribution < -0.4 is 5.32 Å². The smallest absolute Gasteiger partial charge is 0.228 e. The summed E-state index contributed by atoms with van der Waals surface area (Å²) in [5.41, 5.74) is 0.598. The number of pyridine rings is 1. The molecule has 1 saturated carbocycles. The van der Waals surface area contributed by atoms with Gasteiger partial charge >= 0.3 is 0 Å². The number of aromatic nitrogens is 1. The molecule has 3 aliphatic heterocycles. The van der Waals surface area contributed by atoms with Crippen molar-refractivity contribution in [1.29, 1.82) is 0 Å². The molecule has 6 nitrogen and oxygen atoms in total. The first-order valence-electron chi connectivity index (χ1n) is 13.4. The lowest BCUT2D eigenvalue weighted by atomic mass is 9.85. The van der Waals surface area contributed by atoms with Gasteiger partial charge in [0.25, 0.3) is 0 Å². The fourth-order valence-corrected chi connectivity index (χ4v) is 6.92. The van der Waals surface area contributed by atoms with Crippen molar-refractivity contribution < 1.29 is 18.7 Å². The molecule has 1 aliphatic carbocycles. The van der Waals surface area contributed by atoms with Gasteiger partial charge in [0.1, 0.15) is 12.0 Å². The van der Waals surface area contributed by atoms with Crippen molar-refractivity contribution in [1.82, 2.24) is 9.88 Å². The molecule has 0 radical (unpaired) electrons. The molecule has 6 rings (SSSR count). The molecule has 4 aliphatic rings. The van der Waals surface area contributed by atoms with Gasteiger partial charge in [-0.3, -0.25) is 9.69 Å². The Balaban J connectivity index is 1.13. The lowest BCUT2D eigenvalue weighted by Crippen LogP contribution is -2.55. The summed E-state index contributed by atoms with van der Waals surface area (Å²) in [6, 6.07) is 6.08. The molecule has 2 unspecified atom stereocenters. The van der Waals surface area contributed by atoms with E-state index in [1.807, 2.05) is 19.1 Å². The number of ether oxygens (including phenoxy) is 2. The molecule has 3 saturated heterocycles. The van der Waals surface area contributed by atoms with Crippen LogP contribution in [-0.2, 0) is 14.3 Å². The van der Waals surface area contributed by atoms with Crippen LogP contribution in [0.4, 0.5) is 10.2 Å². The Hall–Kier alpha value is -1.80. The first-order valence-corrected chi connectivity index (χ1v) is 13.7. The van der Waals surface area contributed by atoms with E-state index >= 15 is 0 Å². The SMILES string of the molecule is C[C@@]1(N2CCC(c3cc4cc(NC(=O)C5CC5C5CCOCC5)ncc4cc3Cl)CC2)COC[C@@H]1F. The van der Waals surface area contributed by atoms with E-state index in [0.29, 0.717) is 30.2 Å². The van der Waals surface area contributed by atoms with Gasteiger partial charge in [-0.15, -0.1) is 0 Å². The molecule has 0 spiro atoms. The van der Waals surface area contributed by atoms with Gasteiger partial charge in [-0.25, -0.2) is 9.37 Å². The van der Waals surface area contributed by atoms with Gasteiger partial charge in [0.05, 0.1) is 18.8 Å². The van der Waals surface area contributed by atoms with Crippen LogP contribution in [0.15, 0.2) is 24.4 Å². The minimum absolute atomic E-state index is 0.0791. The van der Waals surface area contributed by atoms with Crippen molar-refractivity contribution in [2.24, 2.45) is 17.8 Å². The third kappa shape index (κ3) is 4.64. The van der Waals surface area contributed by atoms with Gasteiger partial charge < -0.3 is 14.8 Å². The minimum Gasteiger partial charge on any atom is -0.381 e. The predicted octanol–water partition coefficient (Wildman–Crippen LogP) is 5.20. The number of fused-ring (bicyclic) bond motifs is 1. The number of nitrogens with one attached hydrogen (secondary N) is 1. The van der Waals surface area contributed by atoms with Gasteiger partial charge in [0.15, 0.2) is 0 Å². The third-order valence-electron chi connectivity index (χ3n) is 9.13. The summed E-state index contributed by atoms with van der Waals surface area (Å²) < 4.78 is 25.4. The lowest BCUT2D eigenvalue weighted by molar-refractivity contribution is -0.117. The molecule has 4 fully saturated rings. The molecule has 1 aromatic heterocycles. The molecule has 1 N–H and O–H groups in total. The maximum absolute atomic E-state index is 14.5. The highest BCUT2D eigenvalue weighted by Gasteiger charge is 2.48. The highest BCUT2D eigenvalue weighted by Crippen LogP contribution is 2.48. The number of piperidine rings is 1. The zero-order valence-corrected chi connectivity index (χ0v) is 21.6. The van der Waals surface area contributed by atoms with Crippen LogP contribution in [0.25, 0.3) is 10.8 Å². The number of carbonyl (C=O) groups excluding carboxylic acids is 1. The van der Waals surface area contributed by atoms with Crippen LogP contribution in [0, 0.1) is 17.8 Å². The highest BCUT2D eigenvalue weighted by atomic mass is 35.5. The Kier molecular flexibility index (Phi) is 6.69. The Morgan fingerprint density at radius 3 is 2.64 bits per heavy atom. The number of halogens is 2. The average Bonchev–Trinajstić information content (AvgIpc) is 3.63. The molecule has 194 valence electrons. The van der Waals surface area contributed by atoms with Gasteiger partial charge in [-0.1, -0.05) is 11.6 Å². The second-order valence-corrected chi connectivity index (χ2v) is 11.7. The molecule has 4 atom stereocenters. The first kappa shape index (κ1) is 24.5. The topological polar surface area (TPSA) is 63.7 Å². The summed E-state index contributed by atoms with van der Waals surface area (Å²) in [4.78, 5) is 19.6. The molecule has 2 aromatic rings.